The first-order valence-corrected chi connectivity index (χ1v) is 10.1. The molecule has 3 aromatic rings. The zero-order valence-corrected chi connectivity index (χ0v) is 16.3. The van der Waals surface area contributed by atoms with Gasteiger partial charge in [0.15, 0.2) is 4.34 Å². The topological polar surface area (TPSA) is 84.0 Å². The zero-order chi connectivity index (χ0) is 19.1. The molecule has 0 saturated carbocycles. The fourth-order valence-electron chi connectivity index (χ4n) is 2.25. The number of nitrogens with zero attached hydrogens (tertiary/aromatic N) is 2. The number of para-hydroxylation sites is 1. The number of hydrogen-bond donors (Lipinski definition) is 2. The Bertz CT molecular complexity index is 928. The number of carbonyl (C=O) groups excluding carboxylic acids is 2. The number of thioether (sulfide) groups is 1. The van der Waals surface area contributed by atoms with Crippen molar-refractivity contribution in [3.8, 4) is 0 Å². The predicted octanol–water partition coefficient (Wildman–Crippen LogP) is 3.51. The van der Waals surface area contributed by atoms with Crippen LogP contribution < -0.4 is 10.6 Å². The standard InChI is InChI=1S/C19H18N4O2S2/c1-13-7-5-6-8-14(13)11-20-16(24)12-26-19-23-22-18(27-19)17(25)21-15-9-3-2-4-10-15/h2-10H,11-12H2,1H3,(H,20,24)(H,21,25). The molecular weight excluding hydrogens is 380 g/mol. The Morgan fingerprint density at radius 3 is 2.56 bits per heavy atom. The average molecular weight is 399 g/mol. The van der Waals surface area contributed by atoms with Crippen molar-refractivity contribution in [3.63, 3.8) is 0 Å². The number of benzene rings is 2. The predicted molar refractivity (Wildman–Crippen MR) is 108 cm³/mol. The van der Waals surface area contributed by atoms with Gasteiger partial charge in [-0.05, 0) is 30.2 Å². The molecule has 2 N–H and O–H groups in total. The van der Waals surface area contributed by atoms with Crippen LogP contribution in [0.4, 0.5) is 5.69 Å². The number of amides is 2. The Morgan fingerprint density at radius 1 is 1.04 bits per heavy atom. The zero-order valence-electron chi connectivity index (χ0n) is 14.6. The van der Waals surface area contributed by atoms with E-state index in [0.717, 1.165) is 11.1 Å². The third-order valence-electron chi connectivity index (χ3n) is 3.70. The van der Waals surface area contributed by atoms with Gasteiger partial charge in [0.2, 0.25) is 10.9 Å². The molecule has 138 valence electrons. The van der Waals surface area contributed by atoms with Crippen LogP contribution in [0.3, 0.4) is 0 Å². The van der Waals surface area contributed by atoms with E-state index < -0.39 is 0 Å². The molecule has 2 aromatic carbocycles. The number of anilines is 1. The quantitative estimate of drug-likeness (QED) is 0.595. The normalized spacial score (nSPS) is 10.4. The number of hydrogen-bond acceptors (Lipinski definition) is 6. The lowest BCUT2D eigenvalue weighted by atomic mass is 10.1. The summed E-state index contributed by atoms with van der Waals surface area (Å²) in [5.41, 5.74) is 2.93. The minimum absolute atomic E-state index is 0.0891. The lowest BCUT2D eigenvalue weighted by molar-refractivity contribution is -0.118. The maximum absolute atomic E-state index is 12.2. The van der Waals surface area contributed by atoms with Crippen molar-refractivity contribution in [1.82, 2.24) is 15.5 Å². The smallest absolute Gasteiger partial charge is 0.286 e. The molecule has 8 heteroatoms. The first-order valence-electron chi connectivity index (χ1n) is 8.26. The first kappa shape index (κ1) is 19.1. The highest BCUT2D eigenvalue weighted by Gasteiger charge is 2.14. The van der Waals surface area contributed by atoms with Gasteiger partial charge in [-0.3, -0.25) is 9.59 Å². The summed E-state index contributed by atoms with van der Waals surface area (Å²) in [6, 6.07) is 17.1. The third kappa shape index (κ3) is 5.63. The number of aromatic nitrogens is 2. The Morgan fingerprint density at radius 2 is 1.78 bits per heavy atom. The fraction of sp³-hybridized carbons (Fsp3) is 0.158. The summed E-state index contributed by atoms with van der Waals surface area (Å²) >= 11 is 2.43. The third-order valence-corrected chi connectivity index (χ3v) is 5.75. The van der Waals surface area contributed by atoms with Gasteiger partial charge in [0.1, 0.15) is 0 Å². The van der Waals surface area contributed by atoms with Crippen LogP contribution in [0, 0.1) is 6.92 Å². The van der Waals surface area contributed by atoms with Gasteiger partial charge < -0.3 is 10.6 Å². The first-order chi connectivity index (χ1) is 13.1. The van der Waals surface area contributed by atoms with Crippen LogP contribution in [0.25, 0.3) is 0 Å². The van der Waals surface area contributed by atoms with Crippen LogP contribution in [0.1, 0.15) is 20.9 Å². The number of rotatable bonds is 7. The molecule has 3 rings (SSSR count). The lowest BCUT2D eigenvalue weighted by Crippen LogP contribution is -2.24. The second-order valence-corrected chi connectivity index (χ2v) is 7.89. The lowest BCUT2D eigenvalue weighted by Gasteiger charge is -2.07. The van der Waals surface area contributed by atoms with Crippen molar-refractivity contribution in [3.05, 3.63) is 70.7 Å². The molecule has 1 heterocycles. The Balaban J connectivity index is 1.47. The van der Waals surface area contributed by atoms with Crippen LogP contribution in [-0.4, -0.2) is 27.8 Å². The van der Waals surface area contributed by atoms with E-state index in [1.54, 1.807) is 12.1 Å². The number of aryl methyl sites for hydroxylation is 1. The molecule has 0 atom stereocenters. The van der Waals surface area contributed by atoms with Crippen LogP contribution >= 0.6 is 23.1 Å². The molecule has 2 amide bonds. The summed E-state index contributed by atoms with van der Waals surface area (Å²) in [6.07, 6.45) is 0. The molecule has 0 fully saturated rings. The van der Waals surface area contributed by atoms with Crippen molar-refractivity contribution < 1.29 is 9.59 Å². The Kier molecular flexibility index (Phi) is 6.56. The maximum Gasteiger partial charge on any atom is 0.286 e. The fourth-order valence-corrected chi connectivity index (χ4v) is 3.82. The van der Waals surface area contributed by atoms with E-state index in [2.05, 4.69) is 20.8 Å². The molecule has 0 aliphatic carbocycles. The second kappa shape index (κ2) is 9.29. The Labute approximate surface area is 165 Å². The molecule has 0 aliphatic heterocycles. The molecule has 1 aromatic heterocycles. The van der Waals surface area contributed by atoms with Gasteiger partial charge in [-0.1, -0.05) is 65.6 Å². The van der Waals surface area contributed by atoms with Gasteiger partial charge in [0.25, 0.3) is 5.91 Å². The van der Waals surface area contributed by atoms with E-state index in [1.807, 2.05) is 49.4 Å². The second-order valence-electron chi connectivity index (χ2n) is 5.69. The maximum atomic E-state index is 12.2. The van der Waals surface area contributed by atoms with Crippen molar-refractivity contribution in [2.75, 3.05) is 11.1 Å². The van der Waals surface area contributed by atoms with Gasteiger partial charge in [-0.2, -0.15) is 0 Å². The molecule has 0 unspecified atom stereocenters. The van der Waals surface area contributed by atoms with Crippen LogP contribution in [0.15, 0.2) is 58.9 Å². The molecule has 0 aliphatic rings. The monoisotopic (exact) mass is 398 g/mol. The van der Waals surface area contributed by atoms with E-state index in [1.165, 1.54) is 23.1 Å². The molecule has 0 spiro atoms. The largest absolute Gasteiger partial charge is 0.351 e. The summed E-state index contributed by atoms with van der Waals surface area (Å²) in [5.74, 6) is -0.177. The van der Waals surface area contributed by atoms with Crippen molar-refractivity contribution in [2.45, 2.75) is 17.8 Å². The highest BCUT2D eigenvalue weighted by Crippen LogP contribution is 2.23. The van der Waals surface area contributed by atoms with E-state index >= 15 is 0 Å². The molecule has 0 radical (unpaired) electrons. The van der Waals surface area contributed by atoms with Gasteiger partial charge in [-0.25, -0.2) is 0 Å². The van der Waals surface area contributed by atoms with E-state index in [9.17, 15) is 9.59 Å². The van der Waals surface area contributed by atoms with Gasteiger partial charge in [-0.15, -0.1) is 10.2 Å². The summed E-state index contributed by atoms with van der Waals surface area (Å²) in [7, 11) is 0. The number of nitrogens with one attached hydrogen (secondary N) is 2. The van der Waals surface area contributed by atoms with Crippen molar-refractivity contribution in [2.24, 2.45) is 0 Å². The van der Waals surface area contributed by atoms with Crippen molar-refractivity contribution >= 4 is 40.6 Å². The molecule has 0 bridgehead atoms. The molecular formula is C19H18N4O2S2. The summed E-state index contributed by atoms with van der Waals surface area (Å²) < 4.78 is 0.583. The van der Waals surface area contributed by atoms with Gasteiger partial charge >= 0.3 is 0 Å². The molecule has 0 saturated heterocycles. The highest BCUT2D eigenvalue weighted by atomic mass is 32.2. The average Bonchev–Trinajstić information content (AvgIpc) is 3.16. The number of carbonyl (C=O) groups is 2. The Hall–Kier alpha value is -2.71. The highest BCUT2D eigenvalue weighted by molar-refractivity contribution is 8.01. The SMILES string of the molecule is Cc1ccccc1CNC(=O)CSc1nnc(C(=O)Nc2ccccc2)s1. The van der Waals surface area contributed by atoms with Crippen LogP contribution in [-0.2, 0) is 11.3 Å². The summed E-state index contributed by atoms with van der Waals surface area (Å²) in [5, 5.41) is 13.8. The van der Waals surface area contributed by atoms with E-state index in [0.29, 0.717) is 16.6 Å². The van der Waals surface area contributed by atoms with Crippen LogP contribution in [0.5, 0.6) is 0 Å². The van der Waals surface area contributed by atoms with Crippen LogP contribution in [0.2, 0.25) is 0 Å². The summed E-state index contributed by atoms with van der Waals surface area (Å²) in [4.78, 5) is 24.2. The van der Waals surface area contributed by atoms with Gasteiger partial charge in [0, 0.05) is 12.2 Å². The minimum Gasteiger partial charge on any atom is -0.351 e. The van der Waals surface area contributed by atoms with Crippen molar-refractivity contribution in [1.29, 1.82) is 0 Å². The van der Waals surface area contributed by atoms with E-state index in [4.69, 9.17) is 0 Å². The van der Waals surface area contributed by atoms with Gasteiger partial charge in [0.05, 0.1) is 5.75 Å². The van der Waals surface area contributed by atoms with E-state index in [-0.39, 0.29) is 22.6 Å². The molecule has 6 nitrogen and oxygen atoms in total. The molecule has 27 heavy (non-hydrogen) atoms. The minimum atomic E-state index is -0.311. The summed E-state index contributed by atoms with van der Waals surface area (Å²) in [6.45, 7) is 2.51.